The summed E-state index contributed by atoms with van der Waals surface area (Å²) in [7, 11) is 0. The van der Waals surface area contributed by atoms with E-state index < -0.39 is 0 Å². The third kappa shape index (κ3) is 2.77. The molecule has 0 spiro atoms. The summed E-state index contributed by atoms with van der Waals surface area (Å²) in [4.78, 5) is 5.36. The molecule has 0 fully saturated rings. The molecular weight excluding hydrogens is 284 g/mol. The van der Waals surface area contributed by atoms with Gasteiger partial charge in [-0.1, -0.05) is 17.8 Å². The molecule has 1 aromatic carbocycles. The average Bonchev–Trinajstić information content (AvgIpc) is 2.27. The maximum absolute atomic E-state index is 5.91. The van der Waals surface area contributed by atoms with E-state index in [-0.39, 0.29) is 0 Å². The number of nitrogens with zero attached hydrogens (tertiary/aromatic N) is 1. The smallest absolute Gasteiger partial charge is 0.101 e. The third-order valence-electron chi connectivity index (χ3n) is 2.08. The summed E-state index contributed by atoms with van der Waals surface area (Å²) in [6.45, 7) is 2.05. The Balaban J connectivity index is 2.26. The van der Waals surface area contributed by atoms with E-state index in [2.05, 4.69) is 33.9 Å². The lowest BCUT2D eigenvalue weighted by atomic mass is 10.2. The Labute approximate surface area is 107 Å². The molecule has 2 nitrogen and oxygen atoms in total. The first-order valence-electron chi connectivity index (χ1n) is 4.81. The lowest BCUT2D eigenvalue weighted by molar-refractivity contribution is 1.12. The molecule has 0 aliphatic heterocycles. The molecule has 0 amide bonds. The number of hydrogen-bond acceptors (Lipinski definition) is 3. The molecule has 0 aliphatic carbocycles. The number of benzene rings is 1. The van der Waals surface area contributed by atoms with Crippen molar-refractivity contribution in [3.63, 3.8) is 0 Å². The van der Waals surface area contributed by atoms with E-state index in [1.165, 1.54) is 5.56 Å². The Morgan fingerprint density at radius 3 is 2.75 bits per heavy atom. The molecule has 0 aliphatic rings. The fourth-order valence-electron chi connectivity index (χ4n) is 1.27. The number of pyridine rings is 1. The fourth-order valence-corrected chi connectivity index (χ4v) is 2.40. The van der Waals surface area contributed by atoms with Gasteiger partial charge < -0.3 is 5.73 Å². The molecule has 0 atom stereocenters. The van der Waals surface area contributed by atoms with Gasteiger partial charge in [-0.05, 0) is 52.7 Å². The minimum atomic E-state index is 0.792. The van der Waals surface area contributed by atoms with Crippen LogP contribution in [0, 0.1) is 6.92 Å². The van der Waals surface area contributed by atoms with Crippen LogP contribution < -0.4 is 5.73 Å². The van der Waals surface area contributed by atoms with Gasteiger partial charge in [0.25, 0.3) is 0 Å². The first-order chi connectivity index (χ1) is 7.65. The molecule has 0 saturated carbocycles. The van der Waals surface area contributed by atoms with Crippen LogP contribution in [0.5, 0.6) is 0 Å². The molecular formula is C12H11BrN2S. The minimum Gasteiger partial charge on any atom is -0.398 e. The Hall–Kier alpha value is -1.00. The van der Waals surface area contributed by atoms with E-state index >= 15 is 0 Å². The fraction of sp³-hybridized carbons (Fsp3) is 0.0833. The van der Waals surface area contributed by atoms with Gasteiger partial charge in [-0.25, -0.2) is 4.98 Å². The van der Waals surface area contributed by atoms with Gasteiger partial charge in [0.05, 0.1) is 0 Å². The maximum Gasteiger partial charge on any atom is 0.101 e. The molecule has 0 saturated heterocycles. The number of rotatable bonds is 2. The summed E-state index contributed by atoms with van der Waals surface area (Å²) in [5.41, 5.74) is 7.90. The largest absolute Gasteiger partial charge is 0.398 e. The Kier molecular flexibility index (Phi) is 3.51. The monoisotopic (exact) mass is 294 g/mol. The van der Waals surface area contributed by atoms with Crippen LogP contribution in [-0.2, 0) is 0 Å². The van der Waals surface area contributed by atoms with Gasteiger partial charge in [0.15, 0.2) is 0 Å². The van der Waals surface area contributed by atoms with Gasteiger partial charge in [0.2, 0.25) is 0 Å². The molecule has 1 aromatic heterocycles. The van der Waals surface area contributed by atoms with Crippen molar-refractivity contribution in [2.75, 3.05) is 5.73 Å². The van der Waals surface area contributed by atoms with Crippen molar-refractivity contribution in [1.29, 1.82) is 0 Å². The highest BCUT2D eigenvalue weighted by atomic mass is 79.9. The van der Waals surface area contributed by atoms with Crippen LogP contribution in [0.15, 0.2) is 50.9 Å². The van der Waals surface area contributed by atoms with Crippen LogP contribution >= 0.6 is 27.7 Å². The summed E-state index contributed by atoms with van der Waals surface area (Å²) in [5.74, 6) is 0. The zero-order valence-electron chi connectivity index (χ0n) is 8.77. The van der Waals surface area contributed by atoms with Crippen molar-refractivity contribution in [2.45, 2.75) is 16.8 Å². The lowest BCUT2D eigenvalue weighted by Gasteiger charge is -2.05. The molecule has 16 heavy (non-hydrogen) atoms. The van der Waals surface area contributed by atoms with Crippen LogP contribution in [0.2, 0.25) is 0 Å². The number of anilines is 1. The molecule has 4 heteroatoms. The average molecular weight is 295 g/mol. The number of nitrogen functional groups attached to an aromatic ring is 1. The van der Waals surface area contributed by atoms with Crippen molar-refractivity contribution in [2.24, 2.45) is 0 Å². The molecule has 2 N–H and O–H groups in total. The van der Waals surface area contributed by atoms with E-state index in [1.54, 1.807) is 18.0 Å². The summed E-state index contributed by atoms with van der Waals surface area (Å²) in [5, 5.41) is 0.945. The second-order valence-electron chi connectivity index (χ2n) is 3.46. The van der Waals surface area contributed by atoms with Gasteiger partial charge in [-0.3, -0.25) is 0 Å². The lowest BCUT2D eigenvalue weighted by Crippen LogP contribution is -1.89. The second kappa shape index (κ2) is 4.89. The number of nitrogens with two attached hydrogens (primary N) is 1. The van der Waals surface area contributed by atoms with Crippen LogP contribution in [0.1, 0.15) is 5.56 Å². The van der Waals surface area contributed by atoms with E-state index in [9.17, 15) is 0 Å². The zero-order valence-corrected chi connectivity index (χ0v) is 11.2. The highest BCUT2D eigenvalue weighted by Crippen LogP contribution is 2.31. The topological polar surface area (TPSA) is 38.9 Å². The number of aromatic nitrogens is 1. The molecule has 0 bridgehead atoms. The summed E-state index contributed by atoms with van der Waals surface area (Å²) in [6, 6.07) is 9.95. The number of hydrogen-bond donors (Lipinski definition) is 1. The van der Waals surface area contributed by atoms with Gasteiger partial charge in [0, 0.05) is 21.3 Å². The van der Waals surface area contributed by atoms with E-state index in [0.717, 1.165) is 20.1 Å². The van der Waals surface area contributed by atoms with Crippen LogP contribution in [0.4, 0.5) is 5.69 Å². The van der Waals surface area contributed by atoms with Crippen molar-refractivity contribution < 1.29 is 0 Å². The predicted octanol–water partition coefficient (Wildman–Crippen LogP) is 3.89. The van der Waals surface area contributed by atoms with Crippen molar-refractivity contribution in [3.05, 3.63) is 46.6 Å². The van der Waals surface area contributed by atoms with Gasteiger partial charge in [-0.2, -0.15) is 0 Å². The standard InChI is InChI=1S/C12H11BrN2S/c1-8-2-4-10(14)11(6-8)16-12-5-3-9(13)7-15-12/h2-7H,14H2,1H3. The molecule has 1 heterocycles. The molecule has 0 radical (unpaired) electrons. The molecule has 2 aromatic rings. The third-order valence-corrected chi connectivity index (χ3v) is 3.58. The Bertz CT molecular complexity index is 497. The van der Waals surface area contributed by atoms with E-state index in [4.69, 9.17) is 5.73 Å². The summed E-state index contributed by atoms with van der Waals surface area (Å²) < 4.78 is 0.981. The minimum absolute atomic E-state index is 0.792. The quantitative estimate of drug-likeness (QED) is 0.854. The van der Waals surface area contributed by atoms with E-state index in [1.807, 2.05) is 24.3 Å². The van der Waals surface area contributed by atoms with Crippen LogP contribution in [-0.4, -0.2) is 4.98 Å². The van der Waals surface area contributed by atoms with Crippen molar-refractivity contribution in [1.82, 2.24) is 4.98 Å². The maximum atomic E-state index is 5.91. The highest BCUT2D eigenvalue weighted by molar-refractivity contribution is 9.10. The second-order valence-corrected chi connectivity index (χ2v) is 5.44. The van der Waals surface area contributed by atoms with Crippen molar-refractivity contribution >= 4 is 33.4 Å². The molecule has 0 unspecified atom stereocenters. The molecule has 82 valence electrons. The SMILES string of the molecule is Cc1ccc(N)c(Sc2ccc(Br)cn2)c1. The number of halogens is 1. The van der Waals surface area contributed by atoms with Crippen LogP contribution in [0.25, 0.3) is 0 Å². The predicted molar refractivity (Wildman–Crippen MR) is 71.7 cm³/mol. The number of aryl methyl sites for hydroxylation is 1. The first-order valence-corrected chi connectivity index (χ1v) is 6.41. The van der Waals surface area contributed by atoms with Gasteiger partial charge >= 0.3 is 0 Å². The Morgan fingerprint density at radius 2 is 2.06 bits per heavy atom. The summed E-state index contributed by atoms with van der Waals surface area (Å²) in [6.07, 6.45) is 1.79. The van der Waals surface area contributed by atoms with Gasteiger partial charge in [-0.15, -0.1) is 0 Å². The van der Waals surface area contributed by atoms with Crippen molar-refractivity contribution in [3.8, 4) is 0 Å². The van der Waals surface area contributed by atoms with E-state index in [0.29, 0.717) is 0 Å². The zero-order chi connectivity index (χ0) is 11.5. The summed E-state index contributed by atoms with van der Waals surface area (Å²) >= 11 is 4.94. The van der Waals surface area contributed by atoms with Crippen LogP contribution in [0.3, 0.4) is 0 Å². The highest BCUT2D eigenvalue weighted by Gasteiger charge is 2.03. The Morgan fingerprint density at radius 1 is 1.25 bits per heavy atom. The first kappa shape index (κ1) is 11.5. The normalized spacial score (nSPS) is 10.4. The van der Waals surface area contributed by atoms with Gasteiger partial charge in [0.1, 0.15) is 5.03 Å². The molecule has 2 rings (SSSR count).